The average Bonchev–Trinajstić information content (AvgIpc) is 3.34. The van der Waals surface area contributed by atoms with Gasteiger partial charge in [0.05, 0.1) is 12.2 Å². The van der Waals surface area contributed by atoms with Gasteiger partial charge in [-0.3, -0.25) is 0 Å². The molecule has 0 radical (unpaired) electrons. The van der Waals surface area contributed by atoms with Crippen LogP contribution in [0.5, 0.6) is 0 Å². The number of unbranched alkanes of at least 4 members (excludes halogenated alkanes) is 14. The molecule has 0 aromatic heterocycles. The summed E-state index contributed by atoms with van der Waals surface area (Å²) < 4.78 is 5.83. The lowest BCUT2D eigenvalue weighted by molar-refractivity contribution is 0.347. The quantitative estimate of drug-likeness (QED) is 0.209. The van der Waals surface area contributed by atoms with E-state index in [2.05, 4.69) is 6.92 Å². The average molecular weight is 340 g/mol. The van der Waals surface area contributed by atoms with E-state index in [1.165, 1.54) is 116 Å². The smallest absolute Gasteiger partial charge is 0.0841 e. The molecule has 24 heavy (non-hydrogen) atoms. The molecule has 0 bridgehead atoms. The highest BCUT2D eigenvalue weighted by atomic mass is 16.6. The third-order valence-electron chi connectivity index (χ3n) is 5.47. The van der Waals surface area contributed by atoms with Gasteiger partial charge in [-0.2, -0.15) is 0 Å². The van der Waals surface area contributed by atoms with Crippen molar-refractivity contribution >= 4 is 0 Å². The molecule has 144 valence electrons. The molecule has 2 heteroatoms. The monoisotopic (exact) mass is 339 g/mol. The van der Waals surface area contributed by atoms with Crippen LogP contribution in [-0.4, -0.2) is 18.8 Å². The third-order valence-corrected chi connectivity index (χ3v) is 5.47. The predicted octanol–water partition coefficient (Wildman–Crippen LogP) is 6.75. The van der Waals surface area contributed by atoms with Crippen LogP contribution < -0.4 is 5.73 Å². The first-order chi connectivity index (χ1) is 11.9. The molecule has 0 aromatic carbocycles. The molecule has 1 aliphatic rings. The Morgan fingerprint density at radius 1 is 0.542 bits per heavy atom. The van der Waals surface area contributed by atoms with Crippen molar-refractivity contribution in [3.8, 4) is 0 Å². The molecule has 0 spiro atoms. The molecule has 0 aliphatic carbocycles. The van der Waals surface area contributed by atoms with Gasteiger partial charge in [-0.25, -0.2) is 0 Å². The van der Waals surface area contributed by atoms with E-state index >= 15 is 0 Å². The minimum atomic E-state index is 0.628. The topological polar surface area (TPSA) is 38.5 Å². The summed E-state index contributed by atoms with van der Waals surface area (Å²) in [5.74, 6) is 0. The van der Waals surface area contributed by atoms with E-state index in [-0.39, 0.29) is 0 Å². The Hall–Kier alpha value is -0.0800. The van der Waals surface area contributed by atoms with Crippen LogP contribution in [0.1, 0.15) is 122 Å². The number of rotatable bonds is 19. The van der Waals surface area contributed by atoms with E-state index < -0.39 is 0 Å². The van der Waals surface area contributed by atoms with Crippen molar-refractivity contribution in [1.29, 1.82) is 0 Å². The van der Waals surface area contributed by atoms with Crippen molar-refractivity contribution in [2.24, 2.45) is 5.73 Å². The number of hydrogen-bond donors (Lipinski definition) is 1. The number of ether oxygens (including phenoxy) is 1. The van der Waals surface area contributed by atoms with Crippen molar-refractivity contribution < 1.29 is 4.74 Å². The Morgan fingerprint density at radius 2 is 0.917 bits per heavy atom. The number of hydrogen-bond acceptors (Lipinski definition) is 2. The van der Waals surface area contributed by atoms with Crippen LogP contribution in [0.15, 0.2) is 0 Å². The summed E-state index contributed by atoms with van der Waals surface area (Å²) >= 11 is 0. The Bertz CT molecular complexity index is 256. The van der Waals surface area contributed by atoms with E-state index in [0.29, 0.717) is 12.2 Å². The Labute approximate surface area is 152 Å². The van der Waals surface area contributed by atoms with Crippen molar-refractivity contribution in [2.45, 2.75) is 135 Å². The Morgan fingerprint density at radius 3 is 1.33 bits per heavy atom. The zero-order valence-corrected chi connectivity index (χ0v) is 16.6. The first-order valence-electron chi connectivity index (χ1n) is 11.2. The molecule has 1 heterocycles. The maximum absolute atomic E-state index is 5.83. The van der Waals surface area contributed by atoms with E-state index in [0.717, 1.165) is 6.54 Å². The van der Waals surface area contributed by atoms with E-state index in [4.69, 9.17) is 10.5 Å². The standard InChI is InChI=1S/C22H45NO/c1-2-3-4-5-12-15-18-21-22(24-21)19-16-13-10-8-6-7-9-11-14-17-20-23/h21-22H,2-20,23H2,1H3. The normalized spacial score (nSPS) is 19.8. The maximum Gasteiger partial charge on any atom is 0.0841 e. The van der Waals surface area contributed by atoms with Crippen LogP contribution >= 0.6 is 0 Å². The molecule has 1 saturated heterocycles. The molecule has 2 atom stereocenters. The lowest BCUT2D eigenvalue weighted by Gasteiger charge is -2.02. The minimum absolute atomic E-state index is 0.628. The fourth-order valence-corrected chi connectivity index (χ4v) is 3.72. The minimum Gasteiger partial charge on any atom is -0.370 e. The van der Waals surface area contributed by atoms with Gasteiger partial charge in [0.2, 0.25) is 0 Å². The zero-order valence-electron chi connectivity index (χ0n) is 16.6. The SMILES string of the molecule is CCCCCCCCC1OC1CCCCCCCCCCCCN. The summed E-state index contributed by atoms with van der Waals surface area (Å²) in [6, 6.07) is 0. The van der Waals surface area contributed by atoms with Crippen LogP contribution in [0.3, 0.4) is 0 Å². The van der Waals surface area contributed by atoms with Crippen molar-refractivity contribution in [3.63, 3.8) is 0 Å². The van der Waals surface area contributed by atoms with Crippen molar-refractivity contribution in [3.05, 3.63) is 0 Å². The summed E-state index contributed by atoms with van der Waals surface area (Å²) in [5, 5.41) is 0. The van der Waals surface area contributed by atoms with Crippen molar-refractivity contribution in [2.75, 3.05) is 6.54 Å². The van der Waals surface area contributed by atoms with Crippen LogP contribution in [0.2, 0.25) is 0 Å². The summed E-state index contributed by atoms with van der Waals surface area (Å²) in [7, 11) is 0. The van der Waals surface area contributed by atoms with Gasteiger partial charge >= 0.3 is 0 Å². The molecule has 0 aromatic rings. The molecule has 2 N–H and O–H groups in total. The van der Waals surface area contributed by atoms with Crippen LogP contribution in [0.25, 0.3) is 0 Å². The Kier molecular flexibility index (Phi) is 15.0. The van der Waals surface area contributed by atoms with Gasteiger partial charge in [-0.05, 0) is 25.8 Å². The molecule has 1 aliphatic heterocycles. The largest absolute Gasteiger partial charge is 0.370 e. The molecule has 1 rings (SSSR count). The lowest BCUT2D eigenvalue weighted by Crippen LogP contribution is -1.97. The molecule has 0 amide bonds. The second-order valence-corrected chi connectivity index (χ2v) is 7.88. The van der Waals surface area contributed by atoms with Crippen LogP contribution in [0.4, 0.5) is 0 Å². The highest BCUT2D eigenvalue weighted by Gasteiger charge is 2.36. The van der Waals surface area contributed by atoms with Gasteiger partial charge < -0.3 is 10.5 Å². The first-order valence-corrected chi connectivity index (χ1v) is 11.2. The summed E-state index contributed by atoms with van der Waals surface area (Å²) in [6.45, 7) is 3.15. The highest BCUT2D eigenvalue weighted by molar-refractivity contribution is 4.84. The molecular weight excluding hydrogens is 294 g/mol. The molecular formula is C22H45NO. The first kappa shape index (κ1) is 22.0. The van der Waals surface area contributed by atoms with E-state index in [9.17, 15) is 0 Å². The van der Waals surface area contributed by atoms with Crippen molar-refractivity contribution in [1.82, 2.24) is 0 Å². The summed E-state index contributed by atoms with van der Waals surface area (Å²) in [4.78, 5) is 0. The fraction of sp³-hybridized carbons (Fsp3) is 1.00. The molecule has 2 nitrogen and oxygen atoms in total. The second-order valence-electron chi connectivity index (χ2n) is 7.88. The second kappa shape index (κ2) is 16.4. The highest BCUT2D eigenvalue weighted by Crippen LogP contribution is 2.31. The van der Waals surface area contributed by atoms with Gasteiger partial charge in [0.15, 0.2) is 0 Å². The van der Waals surface area contributed by atoms with Gasteiger partial charge in [0.1, 0.15) is 0 Å². The van der Waals surface area contributed by atoms with Gasteiger partial charge in [0, 0.05) is 0 Å². The molecule has 0 saturated carbocycles. The fourth-order valence-electron chi connectivity index (χ4n) is 3.72. The number of epoxide rings is 1. The molecule has 1 fully saturated rings. The van der Waals surface area contributed by atoms with Crippen LogP contribution in [-0.2, 0) is 4.74 Å². The summed E-state index contributed by atoms with van der Waals surface area (Å²) in [6.07, 6.45) is 26.2. The van der Waals surface area contributed by atoms with Gasteiger partial charge in [0.25, 0.3) is 0 Å². The number of nitrogens with two attached hydrogens (primary N) is 1. The van der Waals surface area contributed by atoms with E-state index in [1.54, 1.807) is 0 Å². The molecule has 2 unspecified atom stereocenters. The zero-order chi connectivity index (χ0) is 17.3. The van der Waals surface area contributed by atoms with E-state index in [1.807, 2.05) is 0 Å². The maximum atomic E-state index is 5.83. The third kappa shape index (κ3) is 13.2. The lowest BCUT2D eigenvalue weighted by atomic mass is 10.0. The van der Waals surface area contributed by atoms with Crippen LogP contribution in [0, 0.1) is 0 Å². The Balaban J connectivity index is 1.71. The summed E-state index contributed by atoms with van der Waals surface area (Å²) in [5.41, 5.74) is 5.51. The predicted molar refractivity (Wildman–Crippen MR) is 106 cm³/mol. The van der Waals surface area contributed by atoms with Gasteiger partial charge in [-0.1, -0.05) is 103 Å². The van der Waals surface area contributed by atoms with Gasteiger partial charge in [-0.15, -0.1) is 0 Å².